The molecule has 2 N–H and O–H groups in total. The van der Waals surface area contributed by atoms with E-state index < -0.39 is 0 Å². The number of nitrogens with two attached hydrogens (primary N) is 1. The molecule has 1 aromatic rings. The smallest absolute Gasteiger partial charge is 0.276 e. The van der Waals surface area contributed by atoms with Crippen LogP contribution in [0, 0.1) is 0 Å². The van der Waals surface area contributed by atoms with Crippen molar-refractivity contribution >= 4 is 0 Å². The van der Waals surface area contributed by atoms with Crippen LogP contribution in [0.2, 0.25) is 0 Å². The summed E-state index contributed by atoms with van der Waals surface area (Å²) in [5, 5.41) is 7.44. The summed E-state index contributed by atoms with van der Waals surface area (Å²) in [6.45, 7) is 0.908. The summed E-state index contributed by atoms with van der Waals surface area (Å²) in [6, 6.07) is 1.72. The van der Waals surface area contributed by atoms with Gasteiger partial charge in [0.25, 0.3) is 5.88 Å². The fourth-order valence-electron chi connectivity index (χ4n) is 0.990. The second-order valence-corrected chi connectivity index (χ2v) is 2.49. The standard InChI is InChI=1S/C7H9N3O2/c8-3-5-4-11-6-1-2-9-10-7(6)12-5/h1-2,5H,3-4,8H2/t5-/m0/s1. The molecule has 1 aromatic heterocycles. The van der Waals surface area contributed by atoms with Crippen LogP contribution in [-0.2, 0) is 0 Å². The van der Waals surface area contributed by atoms with Crippen molar-refractivity contribution in [1.29, 1.82) is 0 Å². The number of rotatable bonds is 1. The van der Waals surface area contributed by atoms with Gasteiger partial charge in [-0.05, 0) is 0 Å². The highest BCUT2D eigenvalue weighted by Crippen LogP contribution is 2.26. The lowest BCUT2D eigenvalue weighted by atomic mass is 10.3. The van der Waals surface area contributed by atoms with Crippen LogP contribution in [0.4, 0.5) is 0 Å². The van der Waals surface area contributed by atoms with E-state index in [1.807, 2.05) is 0 Å². The maximum absolute atomic E-state index is 5.41. The van der Waals surface area contributed by atoms with Crippen molar-refractivity contribution in [2.45, 2.75) is 6.10 Å². The summed E-state index contributed by atoms with van der Waals surface area (Å²) in [6.07, 6.45) is 1.46. The first-order valence-corrected chi connectivity index (χ1v) is 3.71. The highest BCUT2D eigenvalue weighted by atomic mass is 16.6. The highest BCUT2D eigenvalue weighted by Gasteiger charge is 2.20. The third-order valence-corrected chi connectivity index (χ3v) is 1.62. The molecular weight excluding hydrogens is 158 g/mol. The molecule has 0 fully saturated rings. The van der Waals surface area contributed by atoms with Gasteiger partial charge in [0.1, 0.15) is 12.7 Å². The van der Waals surface area contributed by atoms with Crippen molar-refractivity contribution in [3.63, 3.8) is 0 Å². The van der Waals surface area contributed by atoms with Gasteiger partial charge < -0.3 is 15.2 Å². The van der Waals surface area contributed by atoms with E-state index in [0.717, 1.165) is 0 Å². The SMILES string of the molecule is NC[C@H]1COc2ccnnc2O1. The molecule has 5 heteroatoms. The number of ether oxygens (including phenoxy) is 2. The molecule has 0 radical (unpaired) electrons. The van der Waals surface area contributed by atoms with Crippen LogP contribution in [0.5, 0.6) is 11.6 Å². The monoisotopic (exact) mass is 167 g/mol. The molecule has 0 bridgehead atoms. The average molecular weight is 167 g/mol. The molecule has 1 atom stereocenters. The number of hydrogen-bond acceptors (Lipinski definition) is 5. The first-order chi connectivity index (χ1) is 5.90. The first-order valence-electron chi connectivity index (χ1n) is 3.71. The van der Waals surface area contributed by atoms with Gasteiger partial charge in [-0.2, -0.15) is 5.10 Å². The summed E-state index contributed by atoms with van der Waals surface area (Å²) in [5.41, 5.74) is 5.41. The van der Waals surface area contributed by atoms with E-state index in [4.69, 9.17) is 15.2 Å². The molecule has 64 valence electrons. The molecular formula is C7H9N3O2. The zero-order valence-electron chi connectivity index (χ0n) is 6.43. The Morgan fingerprint density at radius 1 is 1.67 bits per heavy atom. The van der Waals surface area contributed by atoms with Crippen molar-refractivity contribution < 1.29 is 9.47 Å². The fourth-order valence-corrected chi connectivity index (χ4v) is 0.990. The molecule has 2 rings (SSSR count). The van der Waals surface area contributed by atoms with Crippen molar-refractivity contribution in [1.82, 2.24) is 10.2 Å². The van der Waals surface area contributed by atoms with Crippen molar-refractivity contribution in [3.8, 4) is 11.6 Å². The highest BCUT2D eigenvalue weighted by molar-refractivity contribution is 5.32. The number of hydrogen-bond donors (Lipinski definition) is 1. The maximum atomic E-state index is 5.41. The zero-order valence-corrected chi connectivity index (χ0v) is 6.43. The molecule has 0 unspecified atom stereocenters. The van der Waals surface area contributed by atoms with Crippen LogP contribution >= 0.6 is 0 Å². The number of aromatic nitrogens is 2. The van der Waals surface area contributed by atoms with Crippen molar-refractivity contribution in [2.24, 2.45) is 5.73 Å². The topological polar surface area (TPSA) is 70.3 Å². The van der Waals surface area contributed by atoms with Gasteiger partial charge in [0.2, 0.25) is 0 Å². The van der Waals surface area contributed by atoms with E-state index in [1.165, 1.54) is 0 Å². The van der Waals surface area contributed by atoms with Gasteiger partial charge in [-0.1, -0.05) is 0 Å². The summed E-state index contributed by atoms with van der Waals surface area (Å²) in [5.74, 6) is 1.06. The van der Waals surface area contributed by atoms with Crippen LogP contribution in [0.1, 0.15) is 0 Å². The minimum absolute atomic E-state index is 0.103. The molecule has 0 saturated carbocycles. The van der Waals surface area contributed by atoms with Gasteiger partial charge in [-0.25, -0.2) is 0 Å². The van der Waals surface area contributed by atoms with Gasteiger partial charge in [0.05, 0.1) is 6.20 Å². The van der Waals surface area contributed by atoms with Crippen LogP contribution in [0.3, 0.4) is 0 Å². The Morgan fingerprint density at radius 3 is 3.42 bits per heavy atom. The lowest BCUT2D eigenvalue weighted by Crippen LogP contribution is -2.36. The zero-order chi connectivity index (χ0) is 8.39. The van der Waals surface area contributed by atoms with E-state index in [2.05, 4.69) is 10.2 Å². The van der Waals surface area contributed by atoms with Crippen LogP contribution in [-0.4, -0.2) is 29.5 Å². The van der Waals surface area contributed by atoms with E-state index in [0.29, 0.717) is 24.8 Å². The summed E-state index contributed by atoms with van der Waals surface area (Å²) in [4.78, 5) is 0. The van der Waals surface area contributed by atoms with E-state index in [-0.39, 0.29) is 6.10 Å². The van der Waals surface area contributed by atoms with E-state index in [9.17, 15) is 0 Å². The third kappa shape index (κ3) is 1.18. The summed E-state index contributed by atoms with van der Waals surface area (Å²) < 4.78 is 10.7. The van der Waals surface area contributed by atoms with E-state index >= 15 is 0 Å². The molecule has 0 aliphatic carbocycles. The lowest BCUT2D eigenvalue weighted by Gasteiger charge is -2.23. The second kappa shape index (κ2) is 2.94. The first kappa shape index (κ1) is 7.30. The largest absolute Gasteiger partial charge is 0.484 e. The minimum atomic E-state index is -0.103. The molecule has 5 nitrogen and oxygen atoms in total. The molecule has 2 heterocycles. The Morgan fingerprint density at radius 2 is 2.58 bits per heavy atom. The minimum Gasteiger partial charge on any atom is -0.484 e. The molecule has 0 spiro atoms. The predicted molar refractivity (Wildman–Crippen MR) is 41.0 cm³/mol. The normalized spacial score (nSPS) is 20.6. The Hall–Kier alpha value is -1.36. The Labute approximate surface area is 69.5 Å². The second-order valence-electron chi connectivity index (χ2n) is 2.49. The Balaban J connectivity index is 2.23. The van der Waals surface area contributed by atoms with Gasteiger partial charge in [-0.15, -0.1) is 5.10 Å². The van der Waals surface area contributed by atoms with Crippen molar-refractivity contribution in [3.05, 3.63) is 12.3 Å². The van der Waals surface area contributed by atoms with E-state index in [1.54, 1.807) is 12.3 Å². The van der Waals surface area contributed by atoms with Crippen LogP contribution in [0.25, 0.3) is 0 Å². The van der Waals surface area contributed by atoms with Gasteiger partial charge >= 0.3 is 0 Å². The number of fused-ring (bicyclic) bond motifs is 1. The maximum Gasteiger partial charge on any atom is 0.276 e. The molecule has 12 heavy (non-hydrogen) atoms. The predicted octanol–water partition coefficient (Wildman–Crippen LogP) is -0.425. The summed E-state index contributed by atoms with van der Waals surface area (Å²) >= 11 is 0. The van der Waals surface area contributed by atoms with Crippen LogP contribution < -0.4 is 15.2 Å². The van der Waals surface area contributed by atoms with Gasteiger partial charge in [-0.3, -0.25) is 0 Å². The van der Waals surface area contributed by atoms with Gasteiger partial charge in [0, 0.05) is 12.6 Å². The fraction of sp³-hybridized carbons (Fsp3) is 0.429. The van der Waals surface area contributed by atoms with Crippen molar-refractivity contribution in [2.75, 3.05) is 13.2 Å². The van der Waals surface area contributed by atoms with Gasteiger partial charge in [0.15, 0.2) is 5.75 Å². The van der Waals surface area contributed by atoms with Crippen LogP contribution in [0.15, 0.2) is 12.3 Å². The molecule has 0 amide bonds. The third-order valence-electron chi connectivity index (χ3n) is 1.62. The lowest BCUT2D eigenvalue weighted by molar-refractivity contribution is 0.0891. The quantitative estimate of drug-likeness (QED) is 0.614. The Bertz CT molecular complexity index is 279. The molecule has 1 aliphatic heterocycles. The number of nitrogens with zero attached hydrogens (tertiary/aromatic N) is 2. The molecule has 1 aliphatic rings. The average Bonchev–Trinajstić information content (AvgIpc) is 2.17. The molecule has 0 saturated heterocycles. The molecule has 0 aromatic carbocycles. The summed E-state index contributed by atoms with van der Waals surface area (Å²) in [7, 11) is 0. The Kier molecular flexibility index (Phi) is 1.79.